The lowest BCUT2D eigenvalue weighted by atomic mass is 9.89. The van der Waals surface area contributed by atoms with E-state index in [2.05, 4.69) is 20.5 Å². The largest absolute Gasteiger partial charge is 0.379 e. The molecule has 2 saturated heterocycles. The van der Waals surface area contributed by atoms with Crippen molar-refractivity contribution in [3.63, 3.8) is 0 Å². The van der Waals surface area contributed by atoms with Crippen LogP contribution in [-0.4, -0.2) is 76.1 Å². The number of guanidine groups is 1. The van der Waals surface area contributed by atoms with Crippen molar-refractivity contribution in [2.75, 3.05) is 53.0 Å². The van der Waals surface area contributed by atoms with Gasteiger partial charge in [0, 0.05) is 45.9 Å². The Labute approximate surface area is 188 Å². The van der Waals surface area contributed by atoms with Crippen LogP contribution in [0.25, 0.3) is 0 Å². The molecule has 3 fully saturated rings. The van der Waals surface area contributed by atoms with Crippen LogP contribution in [0.4, 0.5) is 0 Å². The predicted octanol–water partition coefficient (Wildman–Crippen LogP) is 3.01. The smallest absolute Gasteiger partial charge is 0.191 e. The molecule has 2 aliphatic heterocycles. The van der Waals surface area contributed by atoms with Crippen molar-refractivity contribution in [2.45, 2.75) is 69.9 Å². The third-order valence-corrected chi connectivity index (χ3v) is 6.30. The van der Waals surface area contributed by atoms with Gasteiger partial charge in [-0.2, -0.15) is 0 Å². The Kier molecular flexibility index (Phi) is 12.1. The average molecular weight is 508 g/mol. The summed E-state index contributed by atoms with van der Waals surface area (Å²) in [4.78, 5) is 7.11. The number of hydrogen-bond donors (Lipinski definition) is 2. The SMILES string of the molecule is CN=C(NCCCOC1CCOC1)NCC1CCCN1CC1CCCCC1.I. The summed E-state index contributed by atoms with van der Waals surface area (Å²) in [7, 11) is 1.86. The Morgan fingerprint density at radius 3 is 2.71 bits per heavy atom. The second-order valence-electron chi connectivity index (χ2n) is 8.38. The van der Waals surface area contributed by atoms with Gasteiger partial charge in [-0.1, -0.05) is 19.3 Å². The lowest BCUT2D eigenvalue weighted by molar-refractivity contribution is 0.0420. The molecule has 2 N–H and O–H groups in total. The van der Waals surface area contributed by atoms with Crippen LogP contribution in [-0.2, 0) is 9.47 Å². The van der Waals surface area contributed by atoms with Crippen molar-refractivity contribution < 1.29 is 9.47 Å². The molecule has 1 saturated carbocycles. The van der Waals surface area contributed by atoms with Crippen LogP contribution in [0, 0.1) is 5.92 Å². The van der Waals surface area contributed by atoms with E-state index in [1.165, 1.54) is 58.0 Å². The number of rotatable bonds is 9. The molecule has 2 unspecified atom stereocenters. The standard InChI is InChI=1S/C21H40N4O2.HI/c1-22-21(23-11-6-13-27-20-10-14-26-17-20)24-15-19-9-5-12-25(19)16-18-7-3-2-4-8-18;/h18-20H,2-17H2,1H3,(H2,22,23,24);1H. The van der Waals surface area contributed by atoms with Crippen molar-refractivity contribution in [3.8, 4) is 0 Å². The molecule has 2 heterocycles. The number of likely N-dealkylation sites (tertiary alicyclic amines) is 1. The second-order valence-corrected chi connectivity index (χ2v) is 8.38. The van der Waals surface area contributed by atoms with E-state index in [0.29, 0.717) is 12.1 Å². The molecule has 0 amide bonds. The molecule has 1 aliphatic carbocycles. The fourth-order valence-electron chi connectivity index (χ4n) is 4.68. The van der Waals surface area contributed by atoms with Crippen LogP contribution < -0.4 is 10.6 Å². The predicted molar refractivity (Wildman–Crippen MR) is 126 cm³/mol. The number of nitrogens with one attached hydrogen (secondary N) is 2. The maximum absolute atomic E-state index is 5.81. The molecule has 0 bridgehead atoms. The highest BCUT2D eigenvalue weighted by Crippen LogP contribution is 2.27. The van der Waals surface area contributed by atoms with Gasteiger partial charge in [0.05, 0.1) is 12.7 Å². The third-order valence-electron chi connectivity index (χ3n) is 6.30. The quantitative estimate of drug-likeness (QED) is 0.217. The molecular formula is C21H41IN4O2. The molecule has 0 aromatic heterocycles. The number of aliphatic imine (C=N–C) groups is 1. The first-order chi connectivity index (χ1) is 13.3. The van der Waals surface area contributed by atoms with Crippen LogP contribution in [0.3, 0.4) is 0 Å². The van der Waals surface area contributed by atoms with Crippen LogP contribution >= 0.6 is 24.0 Å². The van der Waals surface area contributed by atoms with E-state index in [1.807, 2.05) is 7.05 Å². The molecule has 3 rings (SSSR count). The monoisotopic (exact) mass is 508 g/mol. The maximum atomic E-state index is 5.81. The molecule has 0 aromatic rings. The zero-order valence-electron chi connectivity index (χ0n) is 17.7. The Morgan fingerprint density at radius 1 is 1.11 bits per heavy atom. The average Bonchev–Trinajstić information content (AvgIpc) is 3.37. The van der Waals surface area contributed by atoms with Crippen LogP contribution in [0.1, 0.15) is 57.8 Å². The van der Waals surface area contributed by atoms with Gasteiger partial charge < -0.3 is 20.1 Å². The lowest BCUT2D eigenvalue weighted by Gasteiger charge is -2.31. The van der Waals surface area contributed by atoms with Gasteiger partial charge in [-0.05, 0) is 51.0 Å². The Hall–Kier alpha value is -0.120. The van der Waals surface area contributed by atoms with Crippen LogP contribution in [0.15, 0.2) is 4.99 Å². The highest BCUT2D eigenvalue weighted by Gasteiger charge is 2.27. The van der Waals surface area contributed by atoms with Crippen LogP contribution in [0.2, 0.25) is 0 Å². The fraction of sp³-hybridized carbons (Fsp3) is 0.952. The molecule has 2 atom stereocenters. The summed E-state index contributed by atoms with van der Waals surface area (Å²) in [5.41, 5.74) is 0. The molecule has 164 valence electrons. The van der Waals surface area contributed by atoms with Crippen molar-refractivity contribution in [1.82, 2.24) is 15.5 Å². The lowest BCUT2D eigenvalue weighted by Crippen LogP contribution is -2.46. The molecule has 7 heteroatoms. The molecule has 6 nitrogen and oxygen atoms in total. The van der Waals surface area contributed by atoms with Gasteiger partial charge in [0.1, 0.15) is 0 Å². The molecular weight excluding hydrogens is 467 g/mol. The van der Waals surface area contributed by atoms with E-state index >= 15 is 0 Å². The Balaban J connectivity index is 0.00000280. The third kappa shape index (κ3) is 8.32. The van der Waals surface area contributed by atoms with Gasteiger partial charge in [-0.15, -0.1) is 24.0 Å². The Morgan fingerprint density at radius 2 is 1.96 bits per heavy atom. The summed E-state index contributed by atoms with van der Waals surface area (Å²) < 4.78 is 11.1. The molecule has 28 heavy (non-hydrogen) atoms. The van der Waals surface area contributed by atoms with Crippen LogP contribution in [0.5, 0.6) is 0 Å². The van der Waals surface area contributed by atoms with Crippen molar-refractivity contribution in [1.29, 1.82) is 0 Å². The summed E-state index contributed by atoms with van der Waals surface area (Å²) in [5, 5.41) is 6.97. The number of nitrogens with zero attached hydrogens (tertiary/aromatic N) is 2. The normalized spacial score (nSPS) is 27.0. The first-order valence-electron chi connectivity index (χ1n) is 11.2. The van der Waals surface area contributed by atoms with Gasteiger partial charge in [0.2, 0.25) is 0 Å². The van der Waals surface area contributed by atoms with Gasteiger partial charge in [-0.25, -0.2) is 0 Å². The first kappa shape index (κ1) is 24.2. The summed E-state index contributed by atoms with van der Waals surface area (Å²) >= 11 is 0. The van der Waals surface area contributed by atoms with E-state index in [1.54, 1.807) is 0 Å². The highest BCUT2D eigenvalue weighted by atomic mass is 127. The highest BCUT2D eigenvalue weighted by molar-refractivity contribution is 14.0. The van der Waals surface area contributed by atoms with Crippen molar-refractivity contribution >= 4 is 29.9 Å². The number of ether oxygens (including phenoxy) is 2. The van der Waals surface area contributed by atoms with Gasteiger partial charge in [0.15, 0.2) is 5.96 Å². The van der Waals surface area contributed by atoms with E-state index < -0.39 is 0 Å². The summed E-state index contributed by atoms with van der Waals surface area (Å²) in [6, 6.07) is 0.663. The molecule has 0 radical (unpaired) electrons. The van der Waals surface area contributed by atoms with E-state index in [0.717, 1.165) is 57.6 Å². The van der Waals surface area contributed by atoms with E-state index in [4.69, 9.17) is 9.47 Å². The maximum Gasteiger partial charge on any atom is 0.191 e. The van der Waals surface area contributed by atoms with Gasteiger partial charge in [-0.3, -0.25) is 9.89 Å². The van der Waals surface area contributed by atoms with E-state index in [-0.39, 0.29) is 24.0 Å². The summed E-state index contributed by atoms with van der Waals surface area (Å²) in [5.74, 6) is 1.85. The van der Waals surface area contributed by atoms with Gasteiger partial charge in [0.25, 0.3) is 0 Å². The molecule has 0 spiro atoms. The zero-order valence-corrected chi connectivity index (χ0v) is 20.0. The van der Waals surface area contributed by atoms with Crippen molar-refractivity contribution in [3.05, 3.63) is 0 Å². The zero-order chi connectivity index (χ0) is 18.7. The topological polar surface area (TPSA) is 58.1 Å². The molecule has 3 aliphatic rings. The minimum atomic E-state index is 0. The van der Waals surface area contributed by atoms with Crippen molar-refractivity contribution in [2.24, 2.45) is 10.9 Å². The second kappa shape index (κ2) is 14.0. The van der Waals surface area contributed by atoms with Gasteiger partial charge >= 0.3 is 0 Å². The minimum Gasteiger partial charge on any atom is -0.379 e. The first-order valence-corrected chi connectivity index (χ1v) is 11.2. The fourth-order valence-corrected chi connectivity index (χ4v) is 4.68. The number of halogens is 1. The Bertz CT molecular complexity index is 440. The summed E-state index contributed by atoms with van der Waals surface area (Å²) in [6.07, 6.45) is 12.2. The number of hydrogen-bond acceptors (Lipinski definition) is 4. The summed E-state index contributed by atoms with van der Waals surface area (Å²) in [6.45, 7) is 6.87. The minimum absolute atomic E-state index is 0. The van der Waals surface area contributed by atoms with E-state index in [9.17, 15) is 0 Å². The molecule has 0 aromatic carbocycles.